The van der Waals surface area contributed by atoms with Crippen LogP contribution in [0.3, 0.4) is 0 Å². The predicted molar refractivity (Wildman–Crippen MR) is 149 cm³/mol. The summed E-state index contributed by atoms with van der Waals surface area (Å²) in [5.41, 5.74) is 4.63. The highest BCUT2D eigenvalue weighted by molar-refractivity contribution is 6.32. The number of carbonyl (C=O) groups is 5. The van der Waals surface area contributed by atoms with E-state index >= 15 is 0 Å². The van der Waals surface area contributed by atoms with Gasteiger partial charge in [-0.25, -0.2) is 0 Å². The van der Waals surface area contributed by atoms with E-state index in [1.807, 2.05) is 25.1 Å². The molecule has 0 spiro atoms. The number of nitrogens with zero attached hydrogens (tertiary/aromatic N) is 3. The highest BCUT2D eigenvalue weighted by atomic mass is 16.3. The van der Waals surface area contributed by atoms with Gasteiger partial charge in [-0.3, -0.25) is 33.8 Å². The third-order valence-corrected chi connectivity index (χ3v) is 10.1. The second kappa shape index (κ2) is 9.99. The minimum atomic E-state index is -2.73. The second-order valence-corrected chi connectivity index (χ2v) is 12.9. The van der Waals surface area contributed by atoms with Crippen LogP contribution >= 0.6 is 0 Å². The van der Waals surface area contributed by atoms with Crippen molar-refractivity contribution in [2.24, 2.45) is 29.4 Å². The fourth-order valence-electron chi connectivity index (χ4n) is 7.98. The topological polar surface area (TPSA) is 162 Å². The number of likely N-dealkylation sites (N-methyl/N-ethyl adjacent to an activating group) is 1. The smallest absolute Gasteiger partial charge is 0.235 e. The normalized spacial score (nSPS) is 35.4. The molecule has 0 aromatic heterocycles. The quantitative estimate of drug-likeness (QED) is 0.422. The molecule has 222 valence electrons. The molecule has 8 atom stereocenters. The van der Waals surface area contributed by atoms with Crippen LogP contribution in [0.2, 0.25) is 0 Å². The van der Waals surface area contributed by atoms with Crippen molar-refractivity contribution in [3.63, 3.8) is 0 Å². The van der Waals surface area contributed by atoms with Gasteiger partial charge >= 0.3 is 0 Å². The molecule has 4 aliphatic rings. The maximum atomic E-state index is 14.2. The third kappa shape index (κ3) is 4.15. The van der Waals surface area contributed by atoms with Crippen molar-refractivity contribution < 1.29 is 34.2 Å². The molecule has 1 aliphatic heterocycles. The van der Waals surface area contributed by atoms with E-state index in [0.717, 1.165) is 18.5 Å². The number of hydrogen-bond acceptors (Lipinski definition) is 10. The van der Waals surface area contributed by atoms with E-state index in [4.69, 9.17) is 5.73 Å². The maximum Gasteiger partial charge on any atom is 0.235 e. The minimum absolute atomic E-state index is 0.0298. The van der Waals surface area contributed by atoms with Gasteiger partial charge in [-0.2, -0.15) is 0 Å². The molecule has 4 N–H and O–H groups in total. The van der Waals surface area contributed by atoms with Crippen LogP contribution in [0.5, 0.6) is 5.75 Å². The zero-order valence-corrected chi connectivity index (χ0v) is 24.5. The summed E-state index contributed by atoms with van der Waals surface area (Å²) in [6, 6.07) is 1.38. The molecule has 1 heterocycles. The van der Waals surface area contributed by atoms with Crippen molar-refractivity contribution in [2.75, 3.05) is 33.1 Å². The van der Waals surface area contributed by atoms with Gasteiger partial charge in [0.25, 0.3) is 0 Å². The van der Waals surface area contributed by atoms with Gasteiger partial charge in [-0.1, -0.05) is 0 Å². The van der Waals surface area contributed by atoms with E-state index < -0.39 is 64.4 Å². The number of Topliss-reactive ketones (excluding diaryl/α,β-unsaturated/α-hetero) is 4. The minimum Gasteiger partial charge on any atom is -0.507 e. The summed E-state index contributed by atoms with van der Waals surface area (Å²) in [7, 11) is 6.84. The van der Waals surface area contributed by atoms with Gasteiger partial charge in [0.1, 0.15) is 5.75 Å². The lowest BCUT2D eigenvalue weighted by Crippen LogP contribution is -2.74. The molecular formula is C30H40N4O7. The number of carbonyl (C=O) groups excluding carboxylic acids is 5. The van der Waals surface area contributed by atoms with Crippen LogP contribution in [0.1, 0.15) is 54.6 Å². The molecule has 1 aromatic carbocycles. The summed E-state index contributed by atoms with van der Waals surface area (Å²) in [6.07, 6.45) is 2.33. The van der Waals surface area contributed by atoms with Crippen molar-refractivity contribution in [3.8, 4) is 5.75 Å². The standard InChI is InChI=1S/C30H40N4O7/c1-13-7-8-14(2)34(13)12-16-11-19(32(3)4)17-9-15-10-18-23(33(5)6)26(37)22(29(31)40)28(39)30(18,41)27(38)20(15)25(36)21(17)24(16)35/h11,13-15,18,20,22-23,35,41H,7-10,12H2,1-6H3,(H2,31,40)/t13?,14?,15-,18-,20?,22?,23-,30-/m0/s1. The number of aromatic hydroxyl groups is 1. The van der Waals surface area contributed by atoms with Crippen molar-refractivity contribution in [2.45, 2.75) is 69.8 Å². The lowest BCUT2D eigenvalue weighted by molar-refractivity contribution is -0.181. The number of phenols is 1. The number of rotatable bonds is 5. The molecule has 0 bridgehead atoms. The molecule has 11 nitrogen and oxygen atoms in total. The van der Waals surface area contributed by atoms with E-state index in [-0.39, 0.29) is 24.2 Å². The predicted octanol–water partition coefficient (Wildman–Crippen LogP) is 0.306. The van der Waals surface area contributed by atoms with Crippen molar-refractivity contribution >= 4 is 34.7 Å². The summed E-state index contributed by atoms with van der Waals surface area (Å²) >= 11 is 0. The van der Waals surface area contributed by atoms with Gasteiger partial charge in [-0.15, -0.1) is 0 Å². The summed E-state index contributed by atoms with van der Waals surface area (Å²) in [6.45, 7) is 4.69. The number of aliphatic hydroxyl groups is 1. The highest BCUT2D eigenvalue weighted by Gasteiger charge is 2.69. The Morgan fingerprint density at radius 3 is 2.22 bits per heavy atom. The number of ketones is 4. The van der Waals surface area contributed by atoms with E-state index in [1.54, 1.807) is 14.1 Å². The Balaban J connectivity index is 1.63. The Hall–Kier alpha value is -3.15. The molecule has 5 rings (SSSR count). The monoisotopic (exact) mass is 568 g/mol. The lowest BCUT2D eigenvalue weighted by atomic mass is 9.52. The number of primary amides is 1. The number of hydrogen-bond donors (Lipinski definition) is 3. The van der Waals surface area contributed by atoms with Gasteiger partial charge in [-0.05, 0) is 71.2 Å². The average molecular weight is 569 g/mol. The molecule has 1 aromatic rings. The van der Waals surface area contributed by atoms with Crippen LogP contribution in [0.15, 0.2) is 6.07 Å². The average Bonchev–Trinajstić information content (AvgIpc) is 3.19. The van der Waals surface area contributed by atoms with E-state index in [1.165, 1.54) is 4.90 Å². The summed E-state index contributed by atoms with van der Waals surface area (Å²) in [5.74, 6) is -10.3. The lowest BCUT2D eigenvalue weighted by Gasteiger charge is -2.52. The SMILES string of the molecule is CC1CCC(C)N1Cc1cc(N(C)C)c2c(c1O)C(=O)C1C(=O)[C@]3(O)C(=O)C(C(N)=O)C(=O)[C@@H](N(C)C)[C@@H]3C[C@@H]1C2. The number of fused-ring (bicyclic) bond motifs is 3. The first kappa shape index (κ1) is 29.3. The molecular weight excluding hydrogens is 528 g/mol. The number of likely N-dealkylation sites (tertiary alicyclic amines) is 1. The molecule has 41 heavy (non-hydrogen) atoms. The number of anilines is 1. The van der Waals surface area contributed by atoms with Gasteiger partial charge in [0.15, 0.2) is 34.7 Å². The fraction of sp³-hybridized carbons (Fsp3) is 0.633. The summed E-state index contributed by atoms with van der Waals surface area (Å²) in [5, 5.41) is 23.3. The van der Waals surface area contributed by atoms with Crippen LogP contribution in [0, 0.1) is 23.7 Å². The number of amides is 1. The largest absolute Gasteiger partial charge is 0.507 e. The third-order valence-electron chi connectivity index (χ3n) is 10.1. The first-order valence-electron chi connectivity index (χ1n) is 14.3. The van der Waals surface area contributed by atoms with Crippen LogP contribution < -0.4 is 10.6 Å². The van der Waals surface area contributed by atoms with Gasteiger partial charge in [0, 0.05) is 49.9 Å². The molecule has 3 aliphatic carbocycles. The van der Waals surface area contributed by atoms with Gasteiger partial charge in [0.05, 0.1) is 17.5 Å². The van der Waals surface area contributed by atoms with Crippen molar-refractivity contribution in [1.29, 1.82) is 0 Å². The molecule has 3 fully saturated rings. The summed E-state index contributed by atoms with van der Waals surface area (Å²) < 4.78 is 0. The number of phenolic OH excluding ortho intramolecular Hbond substituents is 1. The van der Waals surface area contributed by atoms with Gasteiger partial charge < -0.3 is 20.8 Å². The van der Waals surface area contributed by atoms with Crippen LogP contribution in [-0.4, -0.2) is 101 Å². The van der Waals surface area contributed by atoms with Crippen LogP contribution in [0.4, 0.5) is 5.69 Å². The first-order valence-corrected chi connectivity index (χ1v) is 14.3. The maximum absolute atomic E-state index is 14.2. The highest BCUT2D eigenvalue weighted by Crippen LogP contribution is 2.52. The fourth-order valence-corrected chi connectivity index (χ4v) is 7.98. The Morgan fingerprint density at radius 2 is 1.68 bits per heavy atom. The molecule has 4 unspecified atom stereocenters. The Labute approximate surface area is 239 Å². The summed E-state index contributed by atoms with van der Waals surface area (Å²) in [4.78, 5) is 72.8. The zero-order chi connectivity index (χ0) is 30.3. The molecule has 1 amide bonds. The van der Waals surface area contributed by atoms with Gasteiger partial charge in [0.2, 0.25) is 5.91 Å². The molecule has 0 radical (unpaired) electrons. The zero-order valence-electron chi connectivity index (χ0n) is 24.5. The van der Waals surface area contributed by atoms with E-state index in [2.05, 4.69) is 18.7 Å². The number of benzene rings is 1. The molecule has 1 saturated heterocycles. The van der Waals surface area contributed by atoms with E-state index in [9.17, 15) is 34.2 Å². The Morgan fingerprint density at radius 1 is 1.07 bits per heavy atom. The Kier molecular flexibility index (Phi) is 7.15. The Bertz CT molecular complexity index is 1350. The van der Waals surface area contributed by atoms with Crippen molar-refractivity contribution in [1.82, 2.24) is 9.80 Å². The second-order valence-electron chi connectivity index (χ2n) is 12.9. The van der Waals surface area contributed by atoms with E-state index in [0.29, 0.717) is 29.8 Å². The molecule has 2 saturated carbocycles. The number of nitrogens with two attached hydrogens (primary N) is 1. The van der Waals surface area contributed by atoms with Crippen LogP contribution in [0.25, 0.3) is 0 Å². The molecule has 11 heteroatoms. The van der Waals surface area contributed by atoms with Crippen molar-refractivity contribution in [3.05, 3.63) is 22.8 Å². The van der Waals surface area contributed by atoms with Crippen LogP contribution in [-0.2, 0) is 32.1 Å². The first-order chi connectivity index (χ1) is 19.1.